The molecule has 3 N–H and O–H groups in total. The lowest BCUT2D eigenvalue weighted by atomic mass is 10.1. The van der Waals surface area contributed by atoms with E-state index in [-0.39, 0.29) is 12.3 Å². The van der Waals surface area contributed by atoms with Crippen LogP contribution in [0.25, 0.3) is 0 Å². The number of benzene rings is 1. The van der Waals surface area contributed by atoms with Gasteiger partial charge in [0.25, 0.3) is 0 Å². The molecule has 0 bridgehead atoms. The minimum atomic E-state index is -0.787. The molecule has 2 rings (SSSR count). The Balaban J connectivity index is 2.03. The lowest BCUT2D eigenvalue weighted by molar-refractivity contribution is 0.173. The smallest absolute Gasteiger partial charge is 0.412 e. The topological polar surface area (TPSA) is 70.6 Å². The van der Waals surface area contributed by atoms with E-state index in [4.69, 9.17) is 4.74 Å². The van der Waals surface area contributed by atoms with Crippen LogP contribution >= 0.6 is 22.6 Å². The summed E-state index contributed by atoms with van der Waals surface area (Å²) < 4.78 is 19.4. The second-order valence-corrected chi connectivity index (χ2v) is 6.23. The number of nitrogens with one attached hydrogen (secondary N) is 2. The summed E-state index contributed by atoms with van der Waals surface area (Å²) in [7, 11) is 0. The van der Waals surface area contributed by atoms with Gasteiger partial charge in [0.2, 0.25) is 0 Å². The standard InChI is InChI=1S/C15H18FIN2O3/c1-2-5-22-15(21)19-14-11(16)6-9(7-12(14)17)13(20)8-18-10-3-4-10/h2,6-7,10,13,18,20H,1,3-5,8H2,(H,19,21). The van der Waals surface area contributed by atoms with Gasteiger partial charge in [-0.1, -0.05) is 12.7 Å². The third-order valence-corrected chi connectivity index (χ3v) is 4.04. The summed E-state index contributed by atoms with van der Waals surface area (Å²) in [5.74, 6) is -0.608. The highest BCUT2D eigenvalue weighted by molar-refractivity contribution is 14.1. The molecular weight excluding hydrogens is 402 g/mol. The van der Waals surface area contributed by atoms with E-state index in [1.807, 2.05) is 22.6 Å². The molecule has 1 aromatic rings. The molecule has 0 spiro atoms. The summed E-state index contributed by atoms with van der Waals surface area (Å²) in [6, 6.07) is 3.34. The van der Waals surface area contributed by atoms with Crippen LogP contribution < -0.4 is 10.6 Å². The molecule has 1 aliphatic rings. The maximum Gasteiger partial charge on any atom is 0.412 e. The first kappa shape index (κ1) is 17.2. The van der Waals surface area contributed by atoms with E-state index in [1.165, 1.54) is 12.1 Å². The number of hydrogen-bond donors (Lipinski definition) is 3. The largest absolute Gasteiger partial charge is 0.445 e. The van der Waals surface area contributed by atoms with Crippen LogP contribution in [0.4, 0.5) is 14.9 Å². The number of carbonyl (C=O) groups is 1. The highest BCUT2D eigenvalue weighted by atomic mass is 127. The fourth-order valence-electron chi connectivity index (χ4n) is 1.86. The van der Waals surface area contributed by atoms with Gasteiger partial charge in [0.05, 0.1) is 11.8 Å². The molecule has 0 saturated heterocycles. The van der Waals surface area contributed by atoms with Crippen LogP contribution in [0.3, 0.4) is 0 Å². The van der Waals surface area contributed by atoms with Gasteiger partial charge in [-0.25, -0.2) is 9.18 Å². The zero-order valence-corrected chi connectivity index (χ0v) is 14.1. The van der Waals surface area contributed by atoms with Gasteiger partial charge in [-0.15, -0.1) is 0 Å². The van der Waals surface area contributed by atoms with Crippen molar-refractivity contribution in [3.05, 3.63) is 39.7 Å². The van der Waals surface area contributed by atoms with Crippen LogP contribution in [0, 0.1) is 9.39 Å². The Bertz CT molecular complexity index is 541. The summed E-state index contributed by atoms with van der Waals surface area (Å²) >= 11 is 1.91. The Morgan fingerprint density at radius 3 is 2.91 bits per heavy atom. The highest BCUT2D eigenvalue weighted by Crippen LogP contribution is 2.27. The molecule has 1 fully saturated rings. The molecule has 1 aromatic carbocycles. The van der Waals surface area contributed by atoms with Crippen molar-refractivity contribution in [3.63, 3.8) is 0 Å². The molecule has 22 heavy (non-hydrogen) atoms. The second-order valence-electron chi connectivity index (χ2n) is 5.07. The number of ether oxygens (including phenoxy) is 1. The number of anilines is 1. The van der Waals surface area contributed by atoms with Gasteiger partial charge in [0, 0.05) is 16.2 Å². The van der Waals surface area contributed by atoms with Crippen LogP contribution in [0.2, 0.25) is 0 Å². The SMILES string of the molecule is C=CCOC(=O)Nc1c(F)cc(C(O)CNC2CC2)cc1I. The molecule has 5 nitrogen and oxygen atoms in total. The fourth-order valence-corrected chi connectivity index (χ4v) is 2.61. The van der Waals surface area contributed by atoms with Crippen LogP contribution in [-0.4, -0.2) is 30.4 Å². The fraction of sp³-hybridized carbons (Fsp3) is 0.400. The van der Waals surface area contributed by atoms with Crippen molar-refractivity contribution in [2.75, 3.05) is 18.5 Å². The van der Waals surface area contributed by atoms with Crippen molar-refractivity contribution in [3.8, 4) is 0 Å². The normalized spacial score (nSPS) is 15.2. The van der Waals surface area contributed by atoms with Crippen molar-refractivity contribution < 1.29 is 19.0 Å². The van der Waals surface area contributed by atoms with Crippen molar-refractivity contribution in [1.29, 1.82) is 0 Å². The van der Waals surface area contributed by atoms with Crippen LogP contribution in [0.1, 0.15) is 24.5 Å². The van der Waals surface area contributed by atoms with E-state index in [0.717, 1.165) is 12.8 Å². The van der Waals surface area contributed by atoms with Crippen molar-refractivity contribution >= 4 is 34.4 Å². The molecule has 1 unspecified atom stereocenters. The molecule has 1 saturated carbocycles. The molecule has 0 radical (unpaired) electrons. The Labute approximate surface area is 142 Å². The van der Waals surface area contributed by atoms with Gasteiger partial charge < -0.3 is 15.2 Å². The molecular formula is C15H18FIN2O3. The number of carbonyl (C=O) groups excluding carboxylic acids is 1. The number of aliphatic hydroxyl groups is 1. The van der Waals surface area contributed by atoms with Gasteiger partial charge in [-0.05, 0) is 53.1 Å². The van der Waals surface area contributed by atoms with Gasteiger partial charge in [0.1, 0.15) is 12.4 Å². The first-order chi connectivity index (χ1) is 10.5. The van der Waals surface area contributed by atoms with E-state index in [2.05, 4.69) is 17.2 Å². The molecule has 1 aliphatic carbocycles. The lowest BCUT2D eigenvalue weighted by Gasteiger charge is -2.15. The first-order valence-corrected chi connectivity index (χ1v) is 8.04. The Hall–Kier alpha value is -1.19. The van der Waals surface area contributed by atoms with Gasteiger partial charge in [0.15, 0.2) is 0 Å². The number of hydrogen-bond acceptors (Lipinski definition) is 4. The molecule has 1 atom stereocenters. The third kappa shape index (κ3) is 4.92. The Morgan fingerprint density at radius 1 is 1.59 bits per heavy atom. The van der Waals surface area contributed by atoms with Crippen LogP contribution in [-0.2, 0) is 4.74 Å². The number of rotatable bonds is 7. The predicted molar refractivity (Wildman–Crippen MR) is 90.3 cm³/mol. The number of halogens is 2. The van der Waals surface area contributed by atoms with E-state index in [1.54, 1.807) is 6.07 Å². The minimum Gasteiger partial charge on any atom is -0.445 e. The summed E-state index contributed by atoms with van der Waals surface area (Å²) in [4.78, 5) is 11.5. The predicted octanol–water partition coefficient (Wildman–Crippen LogP) is 2.95. The van der Waals surface area contributed by atoms with Gasteiger partial charge in [-0.3, -0.25) is 5.32 Å². The van der Waals surface area contributed by atoms with Crippen molar-refractivity contribution in [2.24, 2.45) is 0 Å². The summed E-state index contributed by atoms with van der Waals surface area (Å²) in [6.45, 7) is 3.86. The zero-order valence-electron chi connectivity index (χ0n) is 11.9. The minimum absolute atomic E-state index is 0.0424. The average molecular weight is 420 g/mol. The molecule has 0 aromatic heterocycles. The van der Waals surface area contributed by atoms with Crippen molar-refractivity contribution in [1.82, 2.24) is 5.32 Å². The molecule has 7 heteroatoms. The van der Waals surface area contributed by atoms with Gasteiger partial charge >= 0.3 is 6.09 Å². The van der Waals surface area contributed by atoms with E-state index in [9.17, 15) is 14.3 Å². The molecule has 0 heterocycles. The maximum absolute atomic E-state index is 14.1. The number of aliphatic hydroxyl groups excluding tert-OH is 1. The van der Waals surface area contributed by atoms with Crippen LogP contribution in [0.15, 0.2) is 24.8 Å². The van der Waals surface area contributed by atoms with Gasteiger partial charge in [-0.2, -0.15) is 0 Å². The Morgan fingerprint density at radius 2 is 2.32 bits per heavy atom. The summed E-state index contributed by atoms with van der Waals surface area (Å²) in [5, 5.41) is 15.6. The summed E-state index contributed by atoms with van der Waals surface area (Å²) in [6.07, 6.45) is 2.13. The zero-order chi connectivity index (χ0) is 16.1. The van der Waals surface area contributed by atoms with E-state index in [0.29, 0.717) is 21.7 Å². The third-order valence-electron chi connectivity index (χ3n) is 3.19. The van der Waals surface area contributed by atoms with E-state index < -0.39 is 18.0 Å². The second kappa shape index (κ2) is 7.89. The first-order valence-electron chi connectivity index (χ1n) is 6.96. The monoisotopic (exact) mass is 420 g/mol. The average Bonchev–Trinajstić information content (AvgIpc) is 3.30. The number of amides is 1. The molecule has 0 aliphatic heterocycles. The maximum atomic E-state index is 14.1. The molecule has 120 valence electrons. The highest BCUT2D eigenvalue weighted by Gasteiger charge is 2.22. The molecule has 1 amide bonds. The lowest BCUT2D eigenvalue weighted by Crippen LogP contribution is -2.23. The Kier molecular flexibility index (Phi) is 6.16. The summed E-state index contributed by atoms with van der Waals surface area (Å²) in [5.41, 5.74) is 0.515. The van der Waals surface area contributed by atoms with Crippen molar-refractivity contribution in [2.45, 2.75) is 25.0 Å². The quantitative estimate of drug-likeness (QED) is 0.469. The van der Waals surface area contributed by atoms with E-state index >= 15 is 0 Å². The van der Waals surface area contributed by atoms with Crippen LogP contribution in [0.5, 0.6) is 0 Å².